The zero-order chi connectivity index (χ0) is 17.0. The maximum Gasteiger partial charge on any atom is 0.230 e. The minimum Gasteiger partial charge on any atom is -0.355 e. The Balaban J connectivity index is 1.78. The minimum atomic E-state index is -0.313. The highest BCUT2D eigenvalue weighted by Crippen LogP contribution is 2.41. The maximum absolute atomic E-state index is 13.3. The third-order valence-corrected chi connectivity index (χ3v) is 6.29. The summed E-state index contributed by atoms with van der Waals surface area (Å²) in [5, 5.41) is 6.78. The van der Waals surface area contributed by atoms with E-state index < -0.39 is 0 Å². The summed E-state index contributed by atoms with van der Waals surface area (Å²) in [7, 11) is 0. The molecule has 1 aliphatic heterocycles. The number of carbonyl (C=O) groups excluding carboxylic acids is 1. The van der Waals surface area contributed by atoms with E-state index in [1.54, 1.807) is 0 Å². The molecule has 2 N–H and O–H groups in total. The van der Waals surface area contributed by atoms with Gasteiger partial charge in [0.2, 0.25) is 5.91 Å². The van der Waals surface area contributed by atoms with E-state index in [1.807, 2.05) is 0 Å². The molecule has 3 heteroatoms. The Morgan fingerprint density at radius 3 is 2.42 bits per heavy atom. The van der Waals surface area contributed by atoms with E-state index in [2.05, 4.69) is 48.7 Å². The van der Waals surface area contributed by atoms with Crippen molar-refractivity contribution >= 4 is 5.91 Å². The van der Waals surface area contributed by atoms with Crippen molar-refractivity contribution in [3.63, 3.8) is 0 Å². The third-order valence-electron chi connectivity index (χ3n) is 6.29. The molecule has 1 aromatic rings. The van der Waals surface area contributed by atoms with Crippen LogP contribution in [0.1, 0.15) is 63.0 Å². The van der Waals surface area contributed by atoms with Crippen LogP contribution in [0.25, 0.3) is 0 Å². The molecule has 0 atom stereocenters. The Bertz CT molecular complexity index is 569. The average molecular weight is 329 g/mol. The van der Waals surface area contributed by atoms with Gasteiger partial charge in [0.15, 0.2) is 0 Å². The van der Waals surface area contributed by atoms with Gasteiger partial charge in [0.05, 0.1) is 5.41 Å². The molecular weight excluding hydrogens is 296 g/mol. The van der Waals surface area contributed by atoms with Crippen LogP contribution in [0.15, 0.2) is 24.3 Å². The average Bonchev–Trinajstić information content (AvgIpc) is 2.61. The zero-order valence-corrected chi connectivity index (χ0v) is 15.3. The third kappa shape index (κ3) is 3.51. The van der Waals surface area contributed by atoms with Crippen LogP contribution < -0.4 is 10.6 Å². The van der Waals surface area contributed by atoms with Crippen molar-refractivity contribution in [3.8, 4) is 0 Å². The molecule has 1 heterocycles. The summed E-state index contributed by atoms with van der Waals surface area (Å²) in [5.74, 6) is 0.260. The highest BCUT2D eigenvalue weighted by atomic mass is 16.2. The Morgan fingerprint density at radius 2 is 1.75 bits per heavy atom. The normalized spacial score (nSPS) is 22.8. The van der Waals surface area contributed by atoms with Crippen LogP contribution in [0.3, 0.4) is 0 Å². The van der Waals surface area contributed by atoms with E-state index in [-0.39, 0.29) is 16.7 Å². The number of piperidine rings is 1. The molecule has 0 unspecified atom stereocenters. The molecule has 3 nitrogen and oxygen atoms in total. The smallest absolute Gasteiger partial charge is 0.230 e. The van der Waals surface area contributed by atoms with Crippen LogP contribution in [-0.4, -0.2) is 25.5 Å². The lowest BCUT2D eigenvalue weighted by atomic mass is 9.67. The zero-order valence-electron chi connectivity index (χ0n) is 15.3. The number of benzene rings is 1. The van der Waals surface area contributed by atoms with Crippen LogP contribution in [-0.2, 0) is 10.2 Å². The van der Waals surface area contributed by atoms with Crippen LogP contribution >= 0.6 is 0 Å². The van der Waals surface area contributed by atoms with Gasteiger partial charge in [-0.3, -0.25) is 4.79 Å². The van der Waals surface area contributed by atoms with Crippen LogP contribution in [0.2, 0.25) is 0 Å². The fourth-order valence-electron chi connectivity index (χ4n) is 4.55. The Morgan fingerprint density at radius 1 is 1.08 bits per heavy atom. The fourth-order valence-corrected chi connectivity index (χ4v) is 4.55. The first kappa shape index (κ1) is 17.5. The number of rotatable bonds is 4. The first-order valence-electron chi connectivity index (χ1n) is 9.61. The molecule has 0 aromatic heterocycles. The predicted molar refractivity (Wildman–Crippen MR) is 99.2 cm³/mol. The van der Waals surface area contributed by atoms with Crippen molar-refractivity contribution in [2.45, 2.75) is 64.2 Å². The number of hydrogen-bond acceptors (Lipinski definition) is 2. The van der Waals surface area contributed by atoms with Gasteiger partial charge in [-0.05, 0) is 62.2 Å². The molecule has 0 spiro atoms. The second-order valence-corrected chi connectivity index (χ2v) is 8.20. The SMILES string of the molecule is Cc1ccccc1C1(C(=O)NCC2(C)CCNCC2)CCCCC1. The molecule has 3 rings (SSSR count). The van der Waals surface area contributed by atoms with Crippen molar-refractivity contribution in [1.82, 2.24) is 10.6 Å². The van der Waals surface area contributed by atoms with E-state index in [9.17, 15) is 4.79 Å². The fraction of sp³-hybridized carbons (Fsp3) is 0.667. The molecule has 0 bridgehead atoms. The summed E-state index contributed by atoms with van der Waals surface area (Å²) in [6.45, 7) is 7.40. The number of nitrogens with one attached hydrogen (secondary N) is 2. The van der Waals surface area contributed by atoms with E-state index in [4.69, 9.17) is 0 Å². The lowest BCUT2D eigenvalue weighted by Crippen LogP contribution is -2.50. The summed E-state index contributed by atoms with van der Waals surface area (Å²) in [4.78, 5) is 13.3. The van der Waals surface area contributed by atoms with E-state index in [1.165, 1.54) is 17.5 Å². The monoisotopic (exact) mass is 328 g/mol. The van der Waals surface area contributed by atoms with Gasteiger partial charge in [0, 0.05) is 6.54 Å². The summed E-state index contributed by atoms with van der Waals surface area (Å²) < 4.78 is 0. The molecule has 1 amide bonds. The summed E-state index contributed by atoms with van der Waals surface area (Å²) in [6, 6.07) is 8.48. The molecule has 2 aliphatic rings. The number of carbonyl (C=O) groups is 1. The lowest BCUT2D eigenvalue weighted by Gasteiger charge is -2.40. The first-order valence-corrected chi connectivity index (χ1v) is 9.61. The standard InChI is InChI=1S/C21H32N2O/c1-17-8-4-5-9-18(17)21(10-6-3-7-11-21)19(24)23-16-20(2)12-14-22-15-13-20/h4-5,8-9,22H,3,6-7,10-16H2,1-2H3,(H,23,24). The van der Waals surface area contributed by atoms with Gasteiger partial charge < -0.3 is 10.6 Å². The highest BCUT2D eigenvalue weighted by molar-refractivity contribution is 5.88. The Labute approximate surface area is 146 Å². The molecule has 1 saturated carbocycles. The van der Waals surface area contributed by atoms with Gasteiger partial charge in [-0.15, -0.1) is 0 Å². The van der Waals surface area contributed by atoms with Crippen LogP contribution in [0.4, 0.5) is 0 Å². The molecular formula is C21H32N2O. The lowest BCUT2D eigenvalue weighted by molar-refractivity contribution is -0.128. The molecule has 132 valence electrons. The molecule has 1 aliphatic carbocycles. The summed E-state index contributed by atoms with van der Waals surface area (Å²) in [6.07, 6.45) is 7.83. The number of aryl methyl sites for hydroxylation is 1. The maximum atomic E-state index is 13.3. The van der Waals surface area contributed by atoms with Crippen molar-refractivity contribution in [1.29, 1.82) is 0 Å². The first-order chi connectivity index (χ1) is 11.6. The molecule has 1 saturated heterocycles. The number of amides is 1. The van der Waals surface area contributed by atoms with Gasteiger partial charge in [0.25, 0.3) is 0 Å². The molecule has 0 radical (unpaired) electrons. The summed E-state index contributed by atoms with van der Waals surface area (Å²) in [5.41, 5.74) is 2.43. The minimum absolute atomic E-state index is 0.239. The topological polar surface area (TPSA) is 41.1 Å². The van der Waals surface area contributed by atoms with Crippen molar-refractivity contribution in [2.75, 3.05) is 19.6 Å². The van der Waals surface area contributed by atoms with Gasteiger partial charge >= 0.3 is 0 Å². The van der Waals surface area contributed by atoms with E-state index in [0.717, 1.165) is 58.2 Å². The summed E-state index contributed by atoms with van der Waals surface area (Å²) >= 11 is 0. The second kappa shape index (κ2) is 7.26. The van der Waals surface area contributed by atoms with Crippen LogP contribution in [0, 0.1) is 12.3 Å². The van der Waals surface area contributed by atoms with E-state index >= 15 is 0 Å². The highest BCUT2D eigenvalue weighted by Gasteiger charge is 2.42. The molecule has 1 aromatic carbocycles. The second-order valence-electron chi connectivity index (χ2n) is 8.20. The largest absolute Gasteiger partial charge is 0.355 e. The van der Waals surface area contributed by atoms with Gasteiger partial charge in [0.1, 0.15) is 0 Å². The van der Waals surface area contributed by atoms with Crippen molar-refractivity contribution < 1.29 is 4.79 Å². The van der Waals surface area contributed by atoms with Gasteiger partial charge in [-0.25, -0.2) is 0 Å². The molecule has 2 fully saturated rings. The van der Waals surface area contributed by atoms with Crippen LogP contribution in [0.5, 0.6) is 0 Å². The van der Waals surface area contributed by atoms with Gasteiger partial charge in [-0.1, -0.05) is 50.5 Å². The quantitative estimate of drug-likeness (QED) is 0.885. The van der Waals surface area contributed by atoms with E-state index in [0.29, 0.717) is 0 Å². The Hall–Kier alpha value is -1.35. The molecule has 24 heavy (non-hydrogen) atoms. The van der Waals surface area contributed by atoms with Gasteiger partial charge in [-0.2, -0.15) is 0 Å². The number of hydrogen-bond donors (Lipinski definition) is 2. The van der Waals surface area contributed by atoms with Crippen molar-refractivity contribution in [3.05, 3.63) is 35.4 Å². The van der Waals surface area contributed by atoms with Crippen molar-refractivity contribution in [2.24, 2.45) is 5.41 Å². The predicted octanol–water partition coefficient (Wildman–Crippen LogP) is 3.70. The Kier molecular flexibility index (Phi) is 5.29.